The molecule has 4 nitrogen and oxygen atoms in total. The van der Waals surface area contributed by atoms with Gasteiger partial charge in [0.25, 0.3) is 0 Å². The first-order valence-corrected chi connectivity index (χ1v) is 6.95. The molecule has 0 atom stereocenters. The molecule has 0 saturated carbocycles. The van der Waals surface area contributed by atoms with Gasteiger partial charge in [0.2, 0.25) is 5.91 Å². The van der Waals surface area contributed by atoms with Crippen LogP contribution in [0.1, 0.15) is 19.4 Å². The van der Waals surface area contributed by atoms with Crippen LogP contribution in [0.5, 0.6) is 5.75 Å². The van der Waals surface area contributed by atoms with Crippen LogP contribution in [0.4, 0.5) is 0 Å². The lowest BCUT2D eigenvalue weighted by Crippen LogP contribution is -2.40. The summed E-state index contributed by atoms with van der Waals surface area (Å²) in [6.07, 6.45) is 0. The highest BCUT2D eigenvalue weighted by molar-refractivity contribution is 9.10. The fraction of sp³-hybridized carbons (Fsp3) is 0.500. The number of rotatable bonds is 6. The molecule has 106 valence electrons. The van der Waals surface area contributed by atoms with Gasteiger partial charge in [0, 0.05) is 22.0 Å². The Morgan fingerprint density at radius 2 is 2.11 bits per heavy atom. The Labute approximate surface area is 123 Å². The summed E-state index contributed by atoms with van der Waals surface area (Å²) in [7, 11) is 3.41. The van der Waals surface area contributed by atoms with Crippen molar-refractivity contribution < 1.29 is 9.53 Å². The number of halogens is 1. The smallest absolute Gasteiger partial charge is 0.233 e. The Morgan fingerprint density at radius 3 is 2.68 bits per heavy atom. The highest BCUT2D eigenvalue weighted by Gasteiger charge is 2.25. The van der Waals surface area contributed by atoms with Crippen molar-refractivity contribution in [1.82, 2.24) is 10.6 Å². The monoisotopic (exact) mass is 328 g/mol. The van der Waals surface area contributed by atoms with Crippen molar-refractivity contribution in [2.75, 3.05) is 27.2 Å². The fourth-order valence-electron chi connectivity index (χ4n) is 1.85. The molecular formula is C14H21BrN2O2. The molecule has 1 rings (SSSR count). The van der Waals surface area contributed by atoms with Crippen molar-refractivity contribution in [1.29, 1.82) is 0 Å². The van der Waals surface area contributed by atoms with Gasteiger partial charge in [0.05, 0.1) is 13.7 Å². The molecule has 19 heavy (non-hydrogen) atoms. The summed E-state index contributed by atoms with van der Waals surface area (Å²) in [4.78, 5) is 11.5. The average Bonchev–Trinajstić information content (AvgIpc) is 2.37. The number of carbonyl (C=O) groups is 1. The van der Waals surface area contributed by atoms with Crippen molar-refractivity contribution in [2.24, 2.45) is 0 Å². The van der Waals surface area contributed by atoms with E-state index in [-0.39, 0.29) is 11.3 Å². The highest BCUT2D eigenvalue weighted by Crippen LogP contribution is 2.33. The van der Waals surface area contributed by atoms with Crippen LogP contribution in [-0.4, -0.2) is 33.2 Å². The lowest BCUT2D eigenvalue weighted by Gasteiger charge is -2.27. The summed E-state index contributed by atoms with van der Waals surface area (Å²) < 4.78 is 6.39. The fourth-order valence-corrected chi connectivity index (χ4v) is 2.21. The van der Waals surface area contributed by atoms with Crippen molar-refractivity contribution in [2.45, 2.75) is 19.3 Å². The molecule has 0 unspecified atom stereocenters. The van der Waals surface area contributed by atoms with E-state index in [0.717, 1.165) is 15.8 Å². The molecule has 1 aromatic carbocycles. The maximum absolute atomic E-state index is 11.5. The summed E-state index contributed by atoms with van der Waals surface area (Å²) in [5.41, 5.74) is 0.854. The third-order valence-corrected chi connectivity index (χ3v) is 3.45. The van der Waals surface area contributed by atoms with Crippen molar-refractivity contribution in [3.05, 3.63) is 28.2 Å². The maximum atomic E-state index is 11.5. The third kappa shape index (κ3) is 4.51. The van der Waals surface area contributed by atoms with Crippen molar-refractivity contribution in [3.63, 3.8) is 0 Å². The first-order valence-electron chi connectivity index (χ1n) is 6.16. The number of benzene rings is 1. The summed E-state index contributed by atoms with van der Waals surface area (Å²) in [5, 5.41) is 5.75. The Kier molecular flexibility index (Phi) is 5.82. The Hall–Kier alpha value is -1.07. The van der Waals surface area contributed by atoms with Gasteiger partial charge in [-0.2, -0.15) is 0 Å². The molecule has 0 aliphatic rings. The van der Waals surface area contributed by atoms with E-state index in [1.165, 1.54) is 0 Å². The predicted molar refractivity (Wildman–Crippen MR) is 80.7 cm³/mol. The highest BCUT2D eigenvalue weighted by atomic mass is 79.9. The number of amides is 1. The minimum Gasteiger partial charge on any atom is -0.496 e. The van der Waals surface area contributed by atoms with Gasteiger partial charge >= 0.3 is 0 Å². The van der Waals surface area contributed by atoms with E-state index in [1.807, 2.05) is 18.2 Å². The standard InChI is InChI=1S/C14H21BrN2O2/c1-14(2,9-17-13(18)8-16-3)11-7-10(15)5-6-12(11)19-4/h5-7,16H,8-9H2,1-4H3,(H,17,18). The molecule has 0 radical (unpaired) electrons. The van der Waals surface area contributed by atoms with Crippen LogP contribution in [0, 0.1) is 0 Å². The molecule has 0 heterocycles. The topological polar surface area (TPSA) is 50.4 Å². The van der Waals surface area contributed by atoms with E-state index < -0.39 is 0 Å². The van der Waals surface area contributed by atoms with Crippen molar-refractivity contribution >= 4 is 21.8 Å². The van der Waals surface area contributed by atoms with E-state index in [4.69, 9.17) is 4.74 Å². The minimum atomic E-state index is -0.210. The number of nitrogens with one attached hydrogen (secondary N) is 2. The largest absolute Gasteiger partial charge is 0.496 e. The second-order valence-corrected chi connectivity index (χ2v) is 5.95. The third-order valence-electron chi connectivity index (χ3n) is 2.96. The summed E-state index contributed by atoms with van der Waals surface area (Å²) in [6.45, 7) is 5.04. The zero-order valence-corrected chi connectivity index (χ0v) is 13.4. The van der Waals surface area contributed by atoms with E-state index in [2.05, 4.69) is 40.4 Å². The van der Waals surface area contributed by atoms with Gasteiger partial charge in [-0.1, -0.05) is 29.8 Å². The lowest BCUT2D eigenvalue weighted by atomic mass is 9.84. The maximum Gasteiger partial charge on any atom is 0.233 e. The summed E-state index contributed by atoms with van der Waals surface area (Å²) in [5.74, 6) is 0.820. The lowest BCUT2D eigenvalue weighted by molar-refractivity contribution is -0.120. The first-order chi connectivity index (χ1) is 8.90. The molecule has 5 heteroatoms. The molecular weight excluding hydrogens is 308 g/mol. The van der Waals surface area contributed by atoms with Crippen LogP contribution in [0.15, 0.2) is 22.7 Å². The summed E-state index contributed by atoms with van der Waals surface area (Å²) in [6, 6.07) is 5.90. The van der Waals surface area contributed by atoms with Crippen molar-refractivity contribution in [3.8, 4) is 5.75 Å². The second-order valence-electron chi connectivity index (χ2n) is 5.04. The Bertz CT molecular complexity index is 447. The molecule has 1 aromatic rings. The number of methoxy groups -OCH3 is 1. The number of likely N-dealkylation sites (N-methyl/N-ethyl adjacent to an activating group) is 1. The normalized spacial score (nSPS) is 11.2. The number of hydrogen-bond donors (Lipinski definition) is 2. The van der Waals surface area contributed by atoms with Gasteiger partial charge < -0.3 is 15.4 Å². The molecule has 0 aliphatic carbocycles. The first kappa shape index (κ1) is 16.0. The van der Waals surface area contributed by atoms with E-state index in [9.17, 15) is 4.79 Å². The second kappa shape index (κ2) is 6.91. The molecule has 0 bridgehead atoms. The molecule has 0 aliphatic heterocycles. The van der Waals surface area contributed by atoms with Gasteiger partial charge in [0.1, 0.15) is 5.75 Å². The molecule has 2 N–H and O–H groups in total. The molecule has 0 saturated heterocycles. The van der Waals surface area contributed by atoms with Crippen LogP contribution in [-0.2, 0) is 10.2 Å². The van der Waals surface area contributed by atoms with Crippen LogP contribution >= 0.6 is 15.9 Å². The van der Waals surface area contributed by atoms with Gasteiger partial charge in [0.15, 0.2) is 0 Å². The van der Waals surface area contributed by atoms with E-state index in [0.29, 0.717) is 13.1 Å². The van der Waals surface area contributed by atoms with Gasteiger partial charge in [-0.05, 0) is 25.2 Å². The van der Waals surface area contributed by atoms with Crippen LogP contribution < -0.4 is 15.4 Å². The SMILES string of the molecule is CNCC(=O)NCC(C)(C)c1cc(Br)ccc1OC. The van der Waals surface area contributed by atoms with Crippen LogP contribution in [0.3, 0.4) is 0 Å². The van der Waals surface area contributed by atoms with Crippen LogP contribution in [0.2, 0.25) is 0 Å². The van der Waals surface area contributed by atoms with E-state index >= 15 is 0 Å². The molecule has 0 aromatic heterocycles. The van der Waals surface area contributed by atoms with Gasteiger partial charge in [-0.25, -0.2) is 0 Å². The number of ether oxygens (including phenoxy) is 1. The molecule has 1 amide bonds. The number of carbonyl (C=O) groups excluding carboxylic acids is 1. The van der Waals surface area contributed by atoms with Crippen LogP contribution in [0.25, 0.3) is 0 Å². The van der Waals surface area contributed by atoms with E-state index in [1.54, 1.807) is 14.2 Å². The minimum absolute atomic E-state index is 0.00969. The molecule has 0 spiro atoms. The zero-order chi connectivity index (χ0) is 14.5. The zero-order valence-electron chi connectivity index (χ0n) is 11.8. The molecule has 0 fully saturated rings. The summed E-state index contributed by atoms with van der Waals surface area (Å²) >= 11 is 3.47. The predicted octanol–water partition coefficient (Wildman–Crippen LogP) is 2.07. The quantitative estimate of drug-likeness (QED) is 0.840. The Morgan fingerprint density at radius 1 is 1.42 bits per heavy atom. The number of hydrogen-bond acceptors (Lipinski definition) is 3. The van der Waals surface area contributed by atoms with Gasteiger partial charge in [-0.3, -0.25) is 4.79 Å². The average molecular weight is 329 g/mol. The van der Waals surface area contributed by atoms with Gasteiger partial charge in [-0.15, -0.1) is 0 Å². The Balaban J connectivity index is 2.86.